The Morgan fingerprint density at radius 1 is 1.35 bits per heavy atom. The lowest BCUT2D eigenvalue weighted by molar-refractivity contribution is -0.150. The average molecular weight is 437 g/mol. The molecule has 10 heteroatoms. The van der Waals surface area contributed by atoms with Gasteiger partial charge in [0.25, 0.3) is 5.92 Å². The summed E-state index contributed by atoms with van der Waals surface area (Å²) in [5, 5.41) is 27.2. The summed E-state index contributed by atoms with van der Waals surface area (Å²) < 4.78 is 30.8. The number of aromatic nitrogens is 4. The van der Waals surface area contributed by atoms with Crippen LogP contribution < -0.4 is 4.90 Å². The Balaban J connectivity index is 1.95. The number of aliphatic hydroxyl groups excluding tert-OH is 1. The van der Waals surface area contributed by atoms with E-state index in [0.717, 1.165) is 0 Å². The molecule has 8 nitrogen and oxygen atoms in total. The van der Waals surface area contributed by atoms with Crippen molar-refractivity contribution in [2.45, 2.75) is 46.6 Å². The summed E-state index contributed by atoms with van der Waals surface area (Å²) in [5.74, 6) is -5.68. The number of carboxylic acids is 1. The molecule has 2 atom stereocenters. The van der Waals surface area contributed by atoms with Gasteiger partial charge in [-0.3, -0.25) is 4.79 Å². The minimum absolute atomic E-state index is 0.207. The van der Waals surface area contributed by atoms with Crippen molar-refractivity contribution in [3.8, 4) is 11.4 Å². The number of aliphatic hydroxyl groups is 1. The van der Waals surface area contributed by atoms with Crippen LogP contribution in [0.1, 0.15) is 38.6 Å². The van der Waals surface area contributed by atoms with Crippen molar-refractivity contribution >= 4 is 11.7 Å². The Hall–Kier alpha value is -2.62. The van der Waals surface area contributed by atoms with Crippen LogP contribution in [0.2, 0.25) is 0 Å². The maximum absolute atomic E-state index is 14.7. The van der Waals surface area contributed by atoms with Crippen molar-refractivity contribution < 1.29 is 23.8 Å². The van der Waals surface area contributed by atoms with E-state index in [1.54, 1.807) is 46.9 Å². The van der Waals surface area contributed by atoms with Crippen LogP contribution in [-0.2, 0) is 18.4 Å². The molecule has 0 bridgehead atoms. The summed E-state index contributed by atoms with van der Waals surface area (Å²) in [7, 11) is 1.66. The highest BCUT2D eigenvalue weighted by atomic mass is 19.3. The van der Waals surface area contributed by atoms with Gasteiger partial charge in [0.1, 0.15) is 5.69 Å². The van der Waals surface area contributed by atoms with Crippen molar-refractivity contribution in [3.63, 3.8) is 0 Å². The standard InChI is InChI=1S/C21H29F2N5O3/c1-12-15(7-6-14(24-12)18-16(10-29)27(5)26-25-18)28-9-13(8-21(22,23)11-28)17(19(30)31)20(2,3)4/h6-7,13,17,29H,8-11H2,1-5H3,(H,30,31). The molecule has 1 aliphatic rings. The van der Waals surface area contributed by atoms with Gasteiger partial charge in [-0.1, -0.05) is 26.0 Å². The van der Waals surface area contributed by atoms with E-state index < -0.39 is 42.1 Å². The van der Waals surface area contributed by atoms with Gasteiger partial charge in [-0.15, -0.1) is 5.10 Å². The van der Waals surface area contributed by atoms with Crippen LogP contribution >= 0.6 is 0 Å². The summed E-state index contributed by atoms with van der Waals surface area (Å²) >= 11 is 0. The molecule has 0 aliphatic carbocycles. The fourth-order valence-electron chi connectivity index (χ4n) is 4.60. The van der Waals surface area contributed by atoms with E-state index in [0.29, 0.717) is 28.5 Å². The number of carboxylic acid groups (broad SMARTS) is 1. The first-order valence-corrected chi connectivity index (χ1v) is 10.2. The molecule has 3 rings (SSSR count). The molecule has 2 aromatic rings. The smallest absolute Gasteiger partial charge is 0.307 e. The fraction of sp³-hybridized carbons (Fsp3) is 0.619. The van der Waals surface area contributed by atoms with Crippen molar-refractivity contribution in [1.82, 2.24) is 20.0 Å². The molecule has 31 heavy (non-hydrogen) atoms. The molecule has 3 heterocycles. The Bertz CT molecular complexity index is 970. The van der Waals surface area contributed by atoms with Gasteiger partial charge < -0.3 is 15.1 Å². The number of alkyl halides is 2. The largest absolute Gasteiger partial charge is 0.481 e. The Morgan fingerprint density at radius 2 is 2.03 bits per heavy atom. The number of piperidine rings is 1. The van der Waals surface area contributed by atoms with Gasteiger partial charge in [-0.2, -0.15) is 0 Å². The van der Waals surface area contributed by atoms with Gasteiger partial charge in [-0.05, 0) is 30.4 Å². The summed E-state index contributed by atoms with van der Waals surface area (Å²) in [4.78, 5) is 18.0. The van der Waals surface area contributed by atoms with Gasteiger partial charge in [0.2, 0.25) is 0 Å². The second-order valence-corrected chi connectivity index (χ2v) is 9.35. The predicted molar refractivity (Wildman–Crippen MR) is 111 cm³/mol. The summed E-state index contributed by atoms with van der Waals surface area (Å²) in [6.45, 7) is 6.48. The van der Waals surface area contributed by atoms with Gasteiger partial charge in [-0.25, -0.2) is 18.4 Å². The van der Waals surface area contributed by atoms with Crippen molar-refractivity contribution in [2.75, 3.05) is 18.0 Å². The van der Waals surface area contributed by atoms with E-state index >= 15 is 0 Å². The van der Waals surface area contributed by atoms with Crippen LogP contribution in [-0.4, -0.2) is 55.2 Å². The highest BCUT2D eigenvalue weighted by Gasteiger charge is 2.48. The zero-order valence-electron chi connectivity index (χ0n) is 18.4. The number of nitrogens with zero attached hydrogens (tertiary/aromatic N) is 5. The first-order valence-electron chi connectivity index (χ1n) is 10.2. The van der Waals surface area contributed by atoms with Crippen LogP contribution in [0, 0.1) is 24.2 Å². The fourth-order valence-corrected chi connectivity index (χ4v) is 4.60. The molecule has 1 fully saturated rings. The Morgan fingerprint density at radius 3 is 2.58 bits per heavy atom. The minimum atomic E-state index is -3.01. The minimum Gasteiger partial charge on any atom is -0.481 e. The summed E-state index contributed by atoms with van der Waals surface area (Å²) in [6, 6.07) is 3.35. The normalized spacial score (nSPS) is 20.0. The number of carbonyl (C=O) groups is 1. The molecule has 0 spiro atoms. The summed E-state index contributed by atoms with van der Waals surface area (Å²) in [6.07, 6.45) is -0.457. The van der Waals surface area contributed by atoms with Gasteiger partial charge in [0.05, 0.1) is 41.8 Å². The Kier molecular flexibility index (Phi) is 6.05. The molecule has 2 aromatic heterocycles. The number of anilines is 1. The van der Waals surface area contributed by atoms with Crippen LogP contribution in [0.25, 0.3) is 11.4 Å². The molecule has 170 valence electrons. The summed E-state index contributed by atoms with van der Waals surface area (Å²) in [5.41, 5.74) is 1.81. The van der Waals surface area contributed by atoms with E-state index in [1.807, 2.05) is 0 Å². The first kappa shape index (κ1) is 23.1. The lowest BCUT2D eigenvalue weighted by Gasteiger charge is -2.44. The van der Waals surface area contributed by atoms with E-state index in [-0.39, 0.29) is 13.2 Å². The molecule has 0 amide bonds. The van der Waals surface area contributed by atoms with Crippen molar-refractivity contribution in [2.24, 2.45) is 24.3 Å². The maximum Gasteiger partial charge on any atom is 0.307 e. The lowest BCUT2D eigenvalue weighted by atomic mass is 9.70. The van der Waals surface area contributed by atoms with Crippen LogP contribution in [0.4, 0.5) is 14.5 Å². The van der Waals surface area contributed by atoms with E-state index in [2.05, 4.69) is 15.3 Å². The third-order valence-electron chi connectivity index (χ3n) is 5.84. The molecular formula is C21H29F2N5O3. The maximum atomic E-state index is 14.7. The monoisotopic (exact) mass is 437 g/mol. The number of pyridine rings is 1. The molecule has 2 unspecified atom stereocenters. The van der Waals surface area contributed by atoms with Crippen molar-refractivity contribution in [1.29, 1.82) is 0 Å². The number of hydrogen-bond donors (Lipinski definition) is 2. The molecule has 0 radical (unpaired) electrons. The highest BCUT2D eigenvalue weighted by molar-refractivity contribution is 5.71. The third kappa shape index (κ3) is 4.68. The zero-order chi connectivity index (χ0) is 23.1. The zero-order valence-corrected chi connectivity index (χ0v) is 18.4. The molecule has 0 aromatic carbocycles. The first-order chi connectivity index (χ1) is 14.3. The topological polar surface area (TPSA) is 104 Å². The van der Waals surface area contributed by atoms with Crippen molar-refractivity contribution in [3.05, 3.63) is 23.5 Å². The quantitative estimate of drug-likeness (QED) is 0.741. The average Bonchev–Trinajstić information content (AvgIpc) is 2.99. The molecule has 2 N–H and O–H groups in total. The third-order valence-corrected chi connectivity index (χ3v) is 5.84. The second kappa shape index (κ2) is 8.14. The van der Waals surface area contributed by atoms with Crippen LogP contribution in [0.5, 0.6) is 0 Å². The van der Waals surface area contributed by atoms with Gasteiger partial charge in [0.15, 0.2) is 0 Å². The van der Waals surface area contributed by atoms with Crippen LogP contribution in [0.15, 0.2) is 12.1 Å². The van der Waals surface area contributed by atoms with Gasteiger partial charge in [0, 0.05) is 20.0 Å². The SMILES string of the molecule is Cc1nc(-c2nnn(C)c2CO)ccc1N1CC(C(C(=O)O)C(C)(C)C)CC(F)(F)C1. The Labute approximate surface area is 179 Å². The number of rotatable bonds is 5. The predicted octanol–water partition coefficient (Wildman–Crippen LogP) is 2.89. The molecular weight excluding hydrogens is 408 g/mol. The van der Waals surface area contributed by atoms with E-state index in [4.69, 9.17) is 0 Å². The van der Waals surface area contributed by atoms with E-state index in [9.17, 15) is 23.8 Å². The molecule has 1 saturated heterocycles. The number of aliphatic carboxylic acids is 1. The number of halogens is 2. The van der Waals surface area contributed by atoms with Crippen LogP contribution in [0.3, 0.4) is 0 Å². The van der Waals surface area contributed by atoms with E-state index in [1.165, 1.54) is 9.58 Å². The number of hydrogen-bond acceptors (Lipinski definition) is 6. The lowest BCUT2D eigenvalue weighted by Crippen LogP contribution is -2.52. The molecule has 1 aliphatic heterocycles. The van der Waals surface area contributed by atoms with Gasteiger partial charge >= 0.3 is 5.97 Å². The molecule has 0 saturated carbocycles. The number of aryl methyl sites for hydroxylation is 2. The second-order valence-electron chi connectivity index (χ2n) is 9.35. The highest BCUT2D eigenvalue weighted by Crippen LogP contribution is 2.43.